The Kier molecular flexibility index (Phi) is 4.97. The molecular weight excluding hydrogens is 236 g/mol. The molecule has 0 aliphatic carbocycles. The lowest BCUT2D eigenvalue weighted by atomic mass is 9.84. The molecular formula is C16H24N2O. The third kappa shape index (κ3) is 3.80. The van der Waals surface area contributed by atoms with Crippen molar-refractivity contribution < 1.29 is 4.79 Å². The summed E-state index contributed by atoms with van der Waals surface area (Å²) in [7, 11) is 3.66. The van der Waals surface area contributed by atoms with Gasteiger partial charge >= 0.3 is 0 Å². The Bertz CT molecular complexity index is 396. The van der Waals surface area contributed by atoms with Gasteiger partial charge in [-0.3, -0.25) is 4.79 Å². The largest absolute Gasteiger partial charge is 0.349 e. The van der Waals surface area contributed by atoms with Crippen LogP contribution in [0.3, 0.4) is 0 Å². The van der Waals surface area contributed by atoms with Crippen molar-refractivity contribution in [2.75, 3.05) is 20.6 Å². The van der Waals surface area contributed by atoms with Crippen molar-refractivity contribution in [3.8, 4) is 0 Å². The summed E-state index contributed by atoms with van der Waals surface area (Å²) in [6.07, 6.45) is 4.27. The van der Waals surface area contributed by atoms with Gasteiger partial charge in [-0.1, -0.05) is 36.8 Å². The lowest BCUT2D eigenvalue weighted by Gasteiger charge is -2.32. The second-order valence-corrected chi connectivity index (χ2v) is 5.57. The van der Waals surface area contributed by atoms with E-state index >= 15 is 0 Å². The summed E-state index contributed by atoms with van der Waals surface area (Å²) in [5.74, 6) is 0.498. The van der Waals surface area contributed by atoms with Crippen molar-refractivity contribution >= 4 is 5.91 Å². The maximum atomic E-state index is 12.1. The summed E-state index contributed by atoms with van der Waals surface area (Å²) in [5, 5.41) is 3.59. The molecule has 1 heterocycles. The number of carbonyl (C=O) groups is 1. The van der Waals surface area contributed by atoms with E-state index in [-0.39, 0.29) is 11.8 Å². The number of carbonyl (C=O) groups excluding carboxylic acids is 1. The smallest absolute Gasteiger partial charge is 0.222 e. The predicted octanol–water partition coefficient (Wildman–Crippen LogP) is 2.39. The van der Waals surface area contributed by atoms with E-state index in [1.807, 2.05) is 20.2 Å². The van der Waals surface area contributed by atoms with Gasteiger partial charge in [-0.25, -0.2) is 0 Å². The molecule has 19 heavy (non-hydrogen) atoms. The van der Waals surface area contributed by atoms with Crippen LogP contribution in [0.15, 0.2) is 30.3 Å². The maximum absolute atomic E-state index is 12.1. The first-order valence-corrected chi connectivity index (χ1v) is 7.17. The maximum Gasteiger partial charge on any atom is 0.222 e. The van der Waals surface area contributed by atoms with Gasteiger partial charge in [0.2, 0.25) is 5.91 Å². The zero-order valence-electron chi connectivity index (χ0n) is 11.9. The molecule has 0 radical (unpaired) electrons. The molecule has 1 amide bonds. The molecule has 2 atom stereocenters. The molecule has 1 fully saturated rings. The van der Waals surface area contributed by atoms with Crippen LogP contribution >= 0.6 is 0 Å². The van der Waals surface area contributed by atoms with Gasteiger partial charge in [0.05, 0.1) is 0 Å². The molecule has 1 aromatic rings. The molecule has 1 saturated heterocycles. The number of hydrogen-bond acceptors (Lipinski definition) is 2. The van der Waals surface area contributed by atoms with Crippen LogP contribution in [-0.4, -0.2) is 37.5 Å². The Morgan fingerprint density at radius 2 is 2.05 bits per heavy atom. The number of amides is 1. The van der Waals surface area contributed by atoms with Crippen LogP contribution in [0.1, 0.15) is 37.2 Å². The Morgan fingerprint density at radius 1 is 1.32 bits per heavy atom. The number of nitrogens with one attached hydrogen (secondary N) is 1. The number of nitrogens with zero attached hydrogens (tertiary/aromatic N) is 1. The highest BCUT2D eigenvalue weighted by Crippen LogP contribution is 2.28. The van der Waals surface area contributed by atoms with Gasteiger partial charge < -0.3 is 10.2 Å². The molecule has 3 nitrogen and oxygen atoms in total. The number of piperidine rings is 1. The van der Waals surface area contributed by atoms with Gasteiger partial charge in [0, 0.05) is 32.5 Å². The third-order valence-corrected chi connectivity index (χ3v) is 3.96. The minimum absolute atomic E-state index is 0.209. The Hall–Kier alpha value is -1.35. The molecule has 0 saturated carbocycles. The lowest BCUT2D eigenvalue weighted by molar-refractivity contribution is -0.129. The minimum Gasteiger partial charge on any atom is -0.349 e. The highest BCUT2D eigenvalue weighted by atomic mass is 16.2. The molecule has 1 N–H and O–H groups in total. The third-order valence-electron chi connectivity index (χ3n) is 3.96. The molecule has 1 aliphatic rings. The number of benzene rings is 1. The van der Waals surface area contributed by atoms with E-state index < -0.39 is 0 Å². The molecule has 2 rings (SSSR count). The van der Waals surface area contributed by atoms with Crippen molar-refractivity contribution in [1.29, 1.82) is 0 Å². The van der Waals surface area contributed by atoms with Gasteiger partial charge in [0.1, 0.15) is 0 Å². The Labute approximate surface area is 116 Å². The fourth-order valence-corrected chi connectivity index (χ4v) is 2.79. The predicted molar refractivity (Wildman–Crippen MR) is 78.1 cm³/mol. The topological polar surface area (TPSA) is 32.3 Å². The van der Waals surface area contributed by atoms with E-state index in [0.717, 1.165) is 6.54 Å². The fraction of sp³-hybridized carbons (Fsp3) is 0.562. The van der Waals surface area contributed by atoms with Gasteiger partial charge in [0.25, 0.3) is 0 Å². The standard InChI is InChI=1S/C16H24N2O/c1-18(2)16(19)12-14(13-8-4-3-5-9-13)15-10-6-7-11-17-15/h3-5,8-9,14-15,17H,6-7,10-12H2,1-2H3/t14-,15-/m1/s1. The second kappa shape index (κ2) is 6.71. The average molecular weight is 260 g/mol. The lowest BCUT2D eigenvalue weighted by Crippen LogP contribution is -2.40. The molecule has 3 heteroatoms. The van der Waals surface area contributed by atoms with Crippen LogP contribution in [0.2, 0.25) is 0 Å². The monoisotopic (exact) mass is 260 g/mol. The fourth-order valence-electron chi connectivity index (χ4n) is 2.79. The molecule has 0 spiro atoms. The van der Waals surface area contributed by atoms with Gasteiger partial charge in [-0.05, 0) is 24.9 Å². The van der Waals surface area contributed by atoms with Gasteiger partial charge in [-0.15, -0.1) is 0 Å². The van der Waals surface area contributed by atoms with Crippen LogP contribution in [0, 0.1) is 0 Å². The zero-order valence-corrected chi connectivity index (χ0v) is 11.9. The number of hydrogen-bond donors (Lipinski definition) is 1. The minimum atomic E-state index is 0.209. The van der Waals surface area contributed by atoms with E-state index in [0.29, 0.717) is 12.5 Å². The molecule has 0 bridgehead atoms. The average Bonchev–Trinajstić information content (AvgIpc) is 2.46. The van der Waals surface area contributed by atoms with E-state index in [4.69, 9.17) is 0 Å². The summed E-state index contributed by atoms with van der Waals surface area (Å²) in [5.41, 5.74) is 1.28. The van der Waals surface area contributed by atoms with E-state index in [1.165, 1.54) is 24.8 Å². The quantitative estimate of drug-likeness (QED) is 0.901. The summed E-state index contributed by atoms with van der Waals surface area (Å²) < 4.78 is 0. The summed E-state index contributed by atoms with van der Waals surface area (Å²) >= 11 is 0. The van der Waals surface area contributed by atoms with Crippen molar-refractivity contribution in [1.82, 2.24) is 10.2 Å². The van der Waals surface area contributed by atoms with Crippen molar-refractivity contribution in [3.05, 3.63) is 35.9 Å². The van der Waals surface area contributed by atoms with Crippen LogP contribution in [0.4, 0.5) is 0 Å². The summed E-state index contributed by atoms with van der Waals surface area (Å²) in [6.45, 7) is 1.07. The first kappa shape index (κ1) is 14.1. The molecule has 1 aromatic carbocycles. The highest BCUT2D eigenvalue weighted by molar-refractivity contribution is 5.76. The van der Waals surface area contributed by atoms with Crippen molar-refractivity contribution in [2.24, 2.45) is 0 Å². The van der Waals surface area contributed by atoms with Gasteiger partial charge in [-0.2, -0.15) is 0 Å². The summed E-state index contributed by atoms with van der Waals surface area (Å²) in [4.78, 5) is 13.8. The number of rotatable bonds is 4. The molecule has 0 unspecified atom stereocenters. The molecule has 104 valence electrons. The van der Waals surface area contributed by atoms with Crippen LogP contribution < -0.4 is 5.32 Å². The Balaban J connectivity index is 2.15. The molecule has 1 aliphatic heterocycles. The highest BCUT2D eigenvalue weighted by Gasteiger charge is 2.27. The summed E-state index contributed by atoms with van der Waals surface area (Å²) in [6, 6.07) is 10.9. The van der Waals surface area contributed by atoms with Crippen molar-refractivity contribution in [3.63, 3.8) is 0 Å². The van der Waals surface area contributed by atoms with E-state index in [9.17, 15) is 4.79 Å². The van der Waals surface area contributed by atoms with Crippen LogP contribution in [-0.2, 0) is 4.79 Å². The van der Waals surface area contributed by atoms with Gasteiger partial charge in [0.15, 0.2) is 0 Å². The first-order chi connectivity index (χ1) is 9.18. The SMILES string of the molecule is CN(C)C(=O)C[C@H](c1ccccc1)[C@H]1CCCCN1. The Morgan fingerprint density at radius 3 is 2.63 bits per heavy atom. The zero-order chi connectivity index (χ0) is 13.7. The van der Waals surface area contributed by atoms with Crippen LogP contribution in [0.5, 0.6) is 0 Å². The van der Waals surface area contributed by atoms with E-state index in [1.54, 1.807) is 4.90 Å². The van der Waals surface area contributed by atoms with Crippen LogP contribution in [0.25, 0.3) is 0 Å². The second-order valence-electron chi connectivity index (χ2n) is 5.57. The van der Waals surface area contributed by atoms with Crippen molar-refractivity contribution in [2.45, 2.75) is 37.6 Å². The first-order valence-electron chi connectivity index (χ1n) is 7.17. The van der Waals surface area contributed by atoms with E-state index in [2.05, 4.69) is 29.6 Å². The molecule has 0 aromatic heterocycles. The normalized spacial score (nSPS) is 20.8.